The lowest BCUT2D eigenvalue weighted by Gasteiger charge is -2.63. The van der Waals surface area contributed by atoms with Crippen LogP contribution in [0.25, 0.3) is 0 Å². The molecule has 4 aliphatic rings. The highest BCUT2D eigenvalue weighted by Gasteiger charge is 2.64. The summed E-state index contributed by atoms with van der Waals surface area (Å²) in [5.41, 5.74) is 3.22. The van der Waals surface area contributed by atoms with Gasteiger partial charge in [-0.1, -0.05) is 34.3 Å². The highest BCUT2D eigenvalue weighted by atomic mass is 16.5. The maximum absolute atomic E-state index is 13.5. The smallest absolute Gasteiger partial charge is 0.271 e. The van der Waals surface area contributed by atoms with Crippen LogP contribution in [0, 0.1) is 41.9 Å². The number of amides is 3. The van der Waals surface area contributed by atoms with E-state index < -0.39 is 6.04 Å². The van der Waals surface area contributed by atoms with E-state index in [2.05, 4.69) is 84.9 Å². The third-order valence-electron chi connectivity index (χ3n) is 13.5. The predicted molar refractivity (Wildman–Crippen MR) is 234 cm³/mol. The number of hydrogen-bond acceptors (Lipinski definition) is 10. The minimum absolute atomic E-state index is 0.127. The first-order valence-corrected chi connectivity index (χ1v) is 21.8. The number of benzene rings is 2. The van der Waals surface area contributed by atoms with Crippen molar-refractivity contribution >= 4 is 23.5 Å². The number of rotatable bonds is 13. The quantitative estimate of drug-likeness (QED) is 0.170. The molecule has 13 nitrogen and oxygen atoms in total. The van der Waals surface area contributed by atoms with Crippen LogP contribution in [0.1, 0.15) is 118 Å². The van der Waals surface area contributed by atoms with Crippen LogP contribution < -0.4 is 30.3 Å². The first kappa shape index (κ1) is 43.6. The van der Waals surface area contributed by atoms with Crippen molar-refractivity contribution in [3.05, 3.63) is 89.0 Å². The fourth-order valence-corrected chi connectivity index (χ4v) is 10.3. The molecule has 61 heavy (non-hydrogen) atoms. The van der Waals surface area contributed by atoms with E-state index in [0.29, 0.717) is 53.4 Å². The van der Waals surface area contributed by atoms with E-state index in [9.17, 15) is 19.6 Å². The van der Waals surface area contributed by atoms with Gasteiger partial charge in [0, 0.05) is 72.7 Å². The molecule has 3 aromatic rings. The Morgan fingerprint density at radius 2 is 1.61 bits per heavy atom. The molecule has 0 spiro atoms. The summed E-state index contributed by atoms with van der Waals surface area (Å²) in [5.74, 6) is 2.08. The summed E-state index contributed by atoms with van der Waals surface area (Å²) in [5, 5.41) is 18.2. The van der Waals surface area contributed by atoms with Crippen molar-refractivity contribution in [3.63, 3.8) is 0 Å². The van der Waals surface area contributed by atoms with Gasteiger partial charge in [-0.05, 0) is 107 Å². The van der Waals surface area contributed by atoms with Crippen LogP contribution in [-0.4, -0.2) is 88.6 Å². The molecule has 2 aromatic carbocycles. The van der Waals surface area contributed by atoms with Crippen LogP contribution in [0.3, 0.4) is 0 Å². The molecule has 3 amide bonds. The van der Waals surface area contributed by atoms with Crippen LogP contribution in [0.15, 0.2) is 61.1 Å². The Bertz CT molecular complexity index is 2130. The van der Waals surface area contributed by atoms with Gasteiger partial charge in [-0.3, -0.25) is 19.3 Å². The Kier molecular flexibility index (Phi) is 12.5. The molecule has 1 unspecified atom stereocenters. The molecule has 324 valence electrons. The molecule has 2 saturated carbocycles. The van der Waals surface area contributed by atoms with E-state index >= 15 is 0 Å². The zero-order valence-electron chi connectivity index (χ0n) is 37.0. The Morgan fingerprint density at radius 3 is 2.18 bits per heavy atom. The summed E-state index contributed by atoms with van der Waals surface area (Å²) in [6, 6.07) is 13.4. The molecular formula is C48H62N8O5. The maximum atomic E-state index is 13.5. The van der Waals surface area contributed by atoms with E-state index in [1.165, 1.54) is 0 Å². The Hall–Kier alpha value is -5.48. The summed E-state index contributed by atoms with van der Waals surface area (Å²) >= 11 is 0. The number of anilines is 1. The van der Waals surface area contributed by atoms with Gasteiger partial charge in [-0.15, -0.1) is 0 Å². The van der Waals surface area contributed by atoms with Gasteiger partial charge in [0.05, 0.1) is 24.0 Å². The SMILES string of the molecule is C=C1CCC(NC(=O)c2ccc(OC3CC(N(CC4CCN(c5cnc(C(=O)NC6C(C)(C)C(Oc7cc(C)c(C#N)c(C)c7)C6(C)C)cn5)CC4)C(C)C)C3)cc2)C(=O)N1. The summed E-state index contributed by atoms with van der Waals surface area (Å²) in [4.78, 5) is 52.6. The fourth-order valence-electron chi connectivity index (χ4n) is 10.3. The van der Waals surface area contributed by atoms with Gasteiger partial charge >= 0.3 is 0 Å². The number of aryl methyl sites for hydroxylation is 2. The van der Waals surface area contributed by atoms with E-state index in [0.717, 1.165) is 73.8 Å². The lowest BCUT2D eigenvalue weighted by atomic mass is 9.49. The molecule has 3 N–H and O–H groups in total. The van der Waals surface area contributed by atoms with E-state index in [1.54, 1.807) is 24.5 Å². The van der Waals surface area contributed by atoms with Gasteiger partial charge in [-0.25, -0.2) is 9.97 Å². The normalized spacial score (nSPS) is 24.5. The zero-order valence-corrected chi connectivity index (χ0v) is 37.0. The third-order valence-corrected chi connectivity index (χ3v) is 13.5. The maximum Gasteiger partial charge on any atom is 0.271 e. The summed E-state index contributed by atoms with van der Waals surface area (Å²) in [7, 11) is 0. The number of piperidine rings is 2. The van der Waals surface area contributed by atoms with Crippen molar-refractivity contribution in [2.45, 2.75) is 130 Å². The van der Waals surface area contributed by atoms with Crippen LogP contribution in [0.2, 0.25) is 0 Å². The average molecular weight is 831 g/mol. The van der Waals surface area contributed by atoms with Gasteiger partial charge in [0.2, 0.25) is 5.91 Å². The Labute approximate surface area is 360 Å². The summed E-state index contributed by atoms with van der Waals surface area (Å²) < 4.78 is 12.8. The molecule has 1 atom stereocenters. The molecule has 1 aromatic heterocycles. The second-order valence-electron chi connectivity index (χ2n) is 19.1. The van der Waals surface area contributed by atoms with Gasteiger partial charge in [-0.2, -0.15) is 5.26 Å². The molecule has 3 heterocycles. The first-order valence-electron chi connectivity index (χ1n) is 21.8. The van der Waals surface area contributed by atoms with Crippen molar-refractivity contribution < 1.29 is 23.9 Å². The van der Waals surface area contributed by atoms with Crippen molar-refractivity contribution in [1.82, 2.24) is 30.8 Å². The second kappa shape index (κ2) is 17.5. The van der Waals surface area contributed by atoms with E-state index in [4.69, 9.17) is 14.5 Å². The highest BCUT2D eigenvalue weighted by Crippen LogP contribution is 2.55. The zero-order chi connectivity index (χ0) is 43.8. The number of hydrogen-bond donors (Lipinski definition) is 3. The van der Waals surface area contributed by atoms with Crippen LogP contribution in [0.4, 0.5) is 5.82 Å². The lowest BCUT2D eigenvalue weighted by molar-refractivity contribution is -0.164. The number of ether oxygens (including phenoxy) is 2. The number of nitriles is 1. The van der Waals surface area contributed by atoms with Gasteiger partial charge in [0.25, 0.3) is 11.8 Å². The van der Waals surface area contributed by atoms with Crippen molar-refractivity contribution in [1.29, 1.82) is 5.26 Å². The van der Waals surface area contributed by atoms with Crippen molar-refractivity contribution in [2.75, 3.05) is 24.5 Å². The minimum Gasteiger partial charge on any atom is -0.490 e. The lowest BCUT2D eigenvalue weighted by Crippen LogP contribution is -2.74. The topological polar surface area (TPSA) is 162 Å². The fraction of sp³-hybridized carbons (Fsp3) is 0.542. The minimum atomic E-state index is -0.557. The Morgan fingerprint density at radius 1 is 0.951 bits per heavy atom. The number of carbonyl (C=O) groups excluding carboxylic acids is 3. The largest absolute Gasteiger partial charge is 0.490 e. The van der Waals surface area contributed by atoms with Crippen molar-refractivity contribution in [3.8, 4) is 17.6 Å². The molecular weight excluding hydrogens is 769 g/mol. The van der Waals surface area contributed by atoms with Gasteiger partial charge in [0.15, 0.2) is 0 Å². The second-order valence-corrected chi connectivity index (χ2v) is 19.1. The predicted octanol–water partition coefficient (Wildman–Crippen LogP) is 6.64. The number of carbonyl (C=O) groups is 3. The van der Waals surface area contributed by atoms with E-state index in [-0.39, 0.29) is 46.8 Å². The molecule has 0 bridgehead atoms. The van der Waals surface area contributed by atoms with Crippen LogP contribution >= 0.6 is 0 Å². The molecule has 13 heteroatoms. The first-order chi connectivity index (χ1) is 28.9. The number of aromatic nitrogens is 2. The third kappa shape index (κ3) is 9.25. The molecule has 4 fully saturated rings. The average Bonchev–Trinajstić information content (AvgIpc) is 3.20. The molecule has 2 aliphatic carbocycles. The molecule has 7 rings (SSSR count). The van der Waals surface area contributed by atoms with Crippen LogP contribution in [0.5, 0.6) is 11.5 Å². The summed E-state index contributed by atoms with van der Waals surface area (Å²) in [6.45, 7) is 23.4. The number of allylic oxidation sites excluding steroid dienone is 1. The number of nitrogens with one attached hydrogen (secondary N) is 3. The number of nitrogens with zero attached hydrogens (tertiary/aromatic N) is 5. The highest BCUT2D eigenvalue weighted by molar-refractivity contribution is 5.98. The van der Waals surface area contributed by atoms with Crippen molar-refractivity contribution in [2.24, 2.45) is 16.7 Å². The van der Waals surface area contributed by atoms with E-state index in [1.807, 2.05) is 38.1 Å². The molecule has 2 aliphatic heterocycles. The standard InChI is InChI=1S/C48H62N8O5/c1-28(2)56(34-22-37(23-34)60-35-13-11-33(12-14-35)42(57)53-39-15-10-31(5)52-43(39)58)27-32-16-18-55(19-17-32)41-26-50-40(25-51-41)44(59)54-45-47(6,7)46(48(45,8)9)61-36-20-29(3)38(24-49)30(4)21-36/h11-14,20-21,25-26,28,32,34,37,39,45-46H,5,10,15-19,22-23,27H2,1-4,6-9H3,(H,52,58)(H,53,57)(H,54,59). The van der Waals surface area contributed by atoms with Gasteiger partial charge < -0.3 is 30.3 Å². The Balaban J connectivity index is 0.845. The monoisotopic (exact) mass is 830 g/mol. The van der Waals surface area contributed by atoms with Gasteiger partial charge in [0.1, 0.15) is 41.3 Å². The van der Waals surface area contributed by atoms with Crippen LogP contribution in [-0.2, 0) is 4.79 Å². The molecule has 0 radical (unpaired) electrons. The molecule has 2 saturated heterocycles. The summed E-state index contributed by atoms with van der Waals surface area (Å²) in [6.07, 6.45) is 8.50.